The van der Waals surface area contributed by atoms with Crippen LogP contribution in [-0.2, 0) is 6.61 Å². The average Bonchev–Trinajstić information content (AvgIpc) is 3.15. The second-order valence-electron chi connectivity index (χ2n) is 6.21. The van der Waals surface area contributed by atoms with Gasteiger partial charge in [-0.15, -0.1) is 0 Å². The Hall–Kier alpha value is -3.45. The van der Waals surface area contributed by atoms with Crippen molar-refractivity contribution < 1.29 is 14.3 Å². The molecule has 146 valence electrons. The summed E-state index contributed by atoms with van der Waals surface area (Å²) in [7, 11) is 0. The zero-order valence-corrected chi connectivity index (χ0v) is 16.6. The van der Waals surface area contributed by atoms with Crippen molar-refractivity contribution in [2.45, 2.75) is 13.5 Å². The number of rotatable bonds is 7. The minimum atomic E-state index is -0.215. The van der Waals surface area contributed by atoms with E-state index in [0.29, 0.717) is 29.7 Å². The smallest absolute Gasteiger partial charge is 0.257 e. The summed E-state index contributed by atoms with van der Waals surface area (Å²) in [6.45, 7) is 2.97. The number of pyridine rings is 1. The highest BCUT2D eigenvalue weighted by Gasteiger charge is 2.11. The van der Waals surface area contributed by atoms with Crippen LogP contribution in [0.25, 0.3) is 10.2 Å². The lowest BCUT2D eigenvalue weighted by atomic mass is 10.2. The first-order chi connectivity index (χ1) is 14.2. The number of hydrogen-bond acceptors (Lipinski definition) is 6. The summed E-state index contributed by atoms with van der Waals surface area (Å²) < 4.78 is 12.2. The molecule has 0 spiro atoms. The van der Waals surface area contributed by atoms with Crippen molar-refractivity contribution in [2.75, 3.05) is 11.9 Å². The lowest BCUT2D eigenvalue weighted by Crippen LogP contribution is -2.11. The molecule has 0 saturated carbocycles. The van der Waals surface area contributed by atoms with E-state index in [1.807, 2.05) is 37.3 Å². The Labute approximate surface area is 172 Å². The van der Waals surface area contributed by atoms with Crippen molar-refractivity contribution in [3.8, 4) is 11.5 Å². The standard InChI is InChI=1S/C22H19N3O3S/c1-2-27-18-9-10-19-20(12-18)29-22(24-19)25-21(26)16-5-7-17(8-6-16)28-14-15-4-3-11-23-13-15/h3-13H,2,14H2,1H3,(H,24,25,26). The van der Waals surface area contributed by atoms with Gasteiger partial charge < -0.3 is 9.47 Å². The third-order valence-electron chi connectivity index (χ3n) is 4.14. The van der Waals surface area contributed by atoms with Gasteiger partial charge in [-0.2, -0.15) is 0 Å². The zero-order chi connectivity index (χ0) is 20.1. The number of hydrogen-bond donors (Lipinski definition) is 1. The topological polar surface area (TPSA) is 73.3 Å². The molecule has 1 N–H and O–H groups in total. The molecule has 2 aromatic heterocycles. The quantitative estimate of drug-likeness (QED) is 0.472. The van der Waals surface area contributed by atoms with E-state index in [9.17, 15) is 4.79 Å². The van der Waals surface area contributed by atoms with E-state index < -0.39 is 0 Å². The van der Waals surface area contributed by atoms with Crippen LogP contribution in [-0.4, -0.2) is 22.5 Å². The SMILES string of the molecule is CCOc1ccc2nc(NC(=O)c3ccc(OCc4cccnc4)cc3)sc2c1. The van der Waals surface area contributed by atoms with E-state index in [0.717, 1.165) is 21.5 Å². The Kier molecular flexibility index (Phi) is 5.67. The molecule has 0 aliphatic heterocycles. The van der Waals surface area contributed by atoms with Gasteiger partial charge in [-0.25, -0.2) is 4.98 Å². The molecule has 0 fully saturated rings. The number of thiazole rings is 1. The molecule has 4 rings (SSSR count). The molecule has 0 radical (unpaired) electrons. The van der Waals surface area contributed by atoms with Gasteiger partial charge in [0.15, 0.2) is 5.13 Å². The van der Waals surface area contributed by atoms with Gasteiger partial charge in [0.2, 0.25) is 0 Å². The van der Waals surface area contributed by atoms with Gasteiger partial charge in [0.1, 0.15) is 18.1 Å². The first-order valence-corrected chi connectivity index (χ1v) is 9.99. The summed E-state index contributed by atoms with van der Waals surface area (Å²) in [5.41, 5.74) is 2.35. The molecule has 0 aliphatic rings. The molecule has 0 atom stereocenters. The van der Waals surface area contributed by atoms with Gasteiger partial charge >= 0.3 is 0 Å². The molecule has 0 unspecified atom stereocenters. The van der Waals surface area contributed by atoms with E-state index in [-0.39, 0.29) is 5.91 Å². The first-order valence-electron chi connectivity index (χ1n) is 9.18. The van der Waals surface area contributed by atoms with Gasteiger partial charge in [-0.05, 0) is 55.5 Å². The number of nitrogens with one attached hydrogen (secondary N) is 1. The lowest BCUT2D eigenvalue weighted by molar-refractivity contribution is 0.102. The van der Waals surface area contributed by atoms with Crippen LogP contribution in [0.5, 0.6) is 11.5 Å². The minimum absolute atomic E-state index is 0.215. The molecule has 2 heterocycles. The van der Waals surface area contributed by atoms with Gasteiger partial charge in [0, 0.05) is 23.5 Å². The van der Waals surface area contributed by atoms with Crippen molar-refractivity contribution in [2.24, 2.45) is 0 Å². The molecule has 4 aromatic rings. The fraction of sp³-hybridized carbons (Fsp3) is 0.136. The fourth-order valence-electron chi connectivity index (χ4n) is 2.74. The summed E-state index contributed by atoms with van der Waals surface area (Å²) in [5, 5.41) is 3.41. The number of carbonyl (C=O) groups excluding carboxylic acids is 1. The average molecular weight is 405 g/mol. The summed E-state index contributed by atoms with van der Waals surface area (Å²) in [6, 6.07) is 16.5. The largest absolute Gasteiger partial charge is 0.494 e. The highest BCUT2D eigenvalue weighted by Crippen LogP contribution is 2.29. The number of ether oxygens (including phenoxy) is 2. The Balaban J connectivity index is 1.39. The highest BCUT2D eigenvalue weighted by atomic mass is 32.1. The molecule has 6 nitrogen and oxygen atoms in total. The molecule has 2 aromatic carbocycles. The van der Waals surface area contributed by atoms with Crippen LogP contribution in [0.3, 0.4) is 0 Å². The summed E-state index contributed by atoms with van der Waals surface area (Å²) >= 11 is 1.42. The number of nitrogens with zero attached hydrogens (tertiary/aromatic N) is 2. The molecule has 0 aliphatic carbocycles. The minimum Gasteiger partial charge on any atom is -0.494 e. The molecule has 0 saturated heterocycles. The van der Waals surface area contributed by atoms with Crippen molar-refractivity contribution in [3.05, 3.63) is 78.1 Å². The van der Waals surface area contributed by atoms with E-state index in [1.54, 1.807) is 36.7 Å². The highest BCUT2D eigenvalue weighted by molar-refractivity contribution is 7.22. The molecular weight excluding hydrogens is 386 g/mol. The Morgan fingerprint density at radius 1 is 1.07 bits per heavy atom. The number of aromatic nitrogens is 2. The molecule has 0 bridgehead atoms. The Morgan fingerprint density at radius 3 is 2.66 bits per heavy atom. The monoisotopic (exact) mass is 405 g/mol. The van der Waals surface area contributed by atoms with E-state index in [2.05, 4.69) is 15.3 Å². The number of fused-ring (bicyclic) bond motifs is 1. The van der Waals surface area contributed by atoms with Gasteiger partial charge in [-0.1, -0.05) is 17.4 Å². The van der Waals surface area contributed by atoms with Crippen LogP contribution in [0.15, 0.2) is 67.0 Å². The van der Waals surface area contributed by atoms with Gasteiger partial charge in [-0.3, -0.25) is 15.1 Å². The van der Waals surface area contributed by atoms with Crippen LogP contribution in [0, 0.1) is 0 Å². The third kappa shape index (κ3) is 4.70. The predicted molar refractivity (Wildman–Crippen MR) is 114 cm³/mol. The van der Waals surface area contributed by atoms with E-state index in [1.165, 1.54) is 11.3 Å². The number of amides is 1. The van der Waals surface area contributed by atoms with Crippen molar-refractivity contribution in [1.29, 1.82) is 0 Å². The van der Waals surface area contributed by atoms with Crippen LogP contribution >= 0.6 is 11.3 Å². The predicted octanol–water partition coefficient (Wildman–Crippen LogP) is 4.92. The molecule has 29 heavy (non-hydrogen) atoms. The van der Waals surface area contributed by atoms with Gasteiger partial charge in [0.25, 0.3) is 5.91 Å². The second kappa shape index (κ2) is 8.70. The van der Waals surface area contributed by atoms with Crippen LogP contribution in [0.2, 0.25) is 0 Å². The fourth-order valence-corrected chi connectivity index (χ4v) is 3.63. The number of carbonyl (C=O) groups is 1. The maximum absolute atomic E-state index is 12.5. The van der Waals surface area contributed by atoms with Crippen LogP contribution in [0.1, 0.15) is 22.8 Å². The normalized spacial score (nSPS) is 10.7. The Bertz CT molecular complexity index is 1110. The summed E-state index contributed by atoms with van der Waals surface area (Å²) in [5.74, 6) is 1.27. The number of benzene rings is 2. The number of anilines is 1. The molecular formula is C22H19N3O3S. The lowest BCUT2D eigenvalue weighted by Gasteiger charge is -2.07. The first kappa shape index (κ1) is 18.9. The van der Waals surface area contributed by atoms with E-state index in [4.69, 9.17) is 9.47 Å². The van der Waals surface area contributed by atoms with E-state index >= 15 is 0 Å². The molecule has 7 heteroatoms. The third-order valence-corrected chi connectivity index (χ3v) is 5.07. The zero-order valence-electron chi connectivity index (χ0n) is 15.8. The maximum Gasteiger partial charge on any atom is 0.257 e. The van der Waals surface area contributed by atoms with Crippen LogP contribution in [0.4, 0.5) is 5.13 Å². The van der Waals surface area contributed by atoms with Crippen molar-refractivity contribution in [1.82, 2.24) is 9.97 Å². The van der Waals surface area contributed by atoms with Crippen LogP contribution < -0.4 is 14.8 Å². The maximum atomic E-state index is 12.5. The summed E-state index contributed by atoms with van der Waals surface area (Å²) in [6.07, 6.45) is 3.48. The second-order valence-corrected chi connectivity index (χ2v) is 7.24. The summed E-state index contributed by atoms with van der Waals surface area (Å²) in [4.78, 5) is 21.1. The van der Waals surface area contributed by atoms with Crippen molar-refractivity contribution in [3.63, 3.8) is 0 Å². The van der Waals surface area contributed by atoms with Gasteiger partial charge in [0.05, 0.1) is 16.8 Å². The van der Waals surface area contributed by atoms with Crippen molar-refractivity contribution >= 4 is 32.6 Å². The Morgan fingerprint density at radius 2 is 1.90 bits per heavy atom. The molecule has 1 amide bonds.